The van der Waals surface area contributed by atoms with Gasteiger partial charge in [-0.15, -0.1) is 0 Å². The van der Waals surface area contributed by atoms with Crippen molar-refractivity contribution in [1.29, 1.82) is 0 Å². The molecule has 7 nitrogen and oxygen atoms in total. The number of rotatable bonds is 7. The molecule has 1 fully saturated rings. The van der Waals surface area contributed by atoms with Crippen molar-refractivity contribution < 1.29 is 13.7 Å². The molecule has 0 saturated carbocycles. The number of ether oxygens (including phenoxy) is 1. The maximum Gasteiger partial charge on any atom is 0.258 e. The van der Waals surface area contributed by atoms with Crippen molar-refractivity contribution in [2.24, 2.45) is 5.92 Å². The van der Waals surface area contributed by atoms with Crippen LogP contribution in [-0.2, 0) is 6.54 Å². The molecule has 33 heavy (non-hydrogen) atoms. The normalized spacial score (nSPS) is 15.1. The van der Waals surface area contributed by atoms with Gasteiger partial charge in [-0.3, -0.25) is 9.88 Å². The summed E-state index contributed by atoms with van der Waals surface area (Å²) in [5, 5.41) is 4.10. The average Bonchev–Trinajstić information content (AvgIpc) is 3.49. The largest absolute Gasteiger partial charge is 0.493 e. The highest BCUT2D eigenvalue weighted by atomic mass is 79.9. The average molecular weight is 509 g/mol. The van der Waals surface area contributed by atoms with E-state index in [9.17, 15) is 0 Å². The van der Waals surface area contributed by atoms with E-state index in [0.717, 1.165) is 65.5 Å². The number of benzene rings is 1. The third-order valence-electron chi connectivity index (χ3n) is 5.88. The van der Waals surface area contributed by atoms with Crippen LogP contribution >= 0.6 is 15.9 Å². The van der Waals surface area contributed by atoms with E-state index < -0.39 is 0 Å². The number of pyridine rings is 1. The predicted octanol–water partition coefficient (Wildman–Crippen LogP) is 5.75. The Bertz CT molecular complexity index is 1200. The Kier molecular flexibility index (Phi) is 6.55. The highest BCUT2D eigenvalue weighted by Crippen LogP contribution is 2.27. The van der Waals surface area contributed by atoms with Crippen LogP contribution in [-0.4, -0.2) is 39.7 Å². The fourth-order valence-electron chi connectivity index (χ4n) is 3.96. The molecule has 4 aromatic rings. The molecule has 0 spiro atoms. The van der Waals surface area contributed by atoms with Gasteiger partial charge in [0, 0.05) is 23.0 Å². The van der Waals surface area contributed by atoms with Crippen molar-refractivity contribution >= 4 is 15.9 Å². The first kappa shape index (κ1) is 21.9. The lowest BCUT2D eigenvalue weighted by Gasteiger charge is -2.31. The Balaban J connectivity index is 1.15. The molecule has 0 bridgehead atoms. The summed E-state index contributed by atoms with van der Waals surface area (Å²) < 4.78 is 18.0. The Morgan fingerprint density at radius 2 is 1.97 bits per heavy atom. The molecule has 0 N–H and O–H groups in total. The summed E-state index contributed by atoms with van der Waals surface area (Å²) >= 11 is 3.37. The van der Waals surface area contributed by atoms with Crippen LogP contribution in [0.25, 0.3) is 22.8 Å². The van der Waals surface area contributed by atoms with E-state index in [4.69, 9.17) is 13.7 Å². The zero-order valence-electron chi connectivity index (χ0n) is 18.4. The second kappa shape index (κ2) is 9.89. The SMILES string of the molecule is Cc1ccc(-c2noc(-c3cccc(OCC4CCN(Cc5ccc(Br)o5)CC4)c3)n2)cn1. The molecule has 1 aliphatic rings. The van der Waals surface area contributed by atoms with Gasteiger partial charge in [-0.2, -0.15) is 4.98 Å². The lowest BCUT2D eigenvalue weighted by Crippen LogP contribution is -2.35. The second-order valence-electron chi connectivity index (χ2n) is 8.38. The van der Waals surface area contributed by atoms with Gasteiger partial charge >= 0.3 is 0 Å². The topological polar surface area (TPSA) is 77.4 Å². The van der Waals surface area contributed by atoms with Crippen LogP contribution in [0.4, 0.5) is 0 Å². The number of halogens is 1. The first-order valence-electron chi connectivity index (χ1n) is 11.1. The zero-order valence-corrected chi connectivity index (χ0v) is 20.0. The maximum atomic E-state index is 6.13. The molecule has 8 heteroatoms. The van der Waals surface area contributed by atoms with Gasteiger partial charge in [0.15, 0.2) is 4.67 Å². The van der Waals surface area contributed by atoms with Crippen molar-refractivity contribution in [1.82, 2.24) is 20.0 Å². The molecule has 1 aliphatic heterocycles. The van der Waals surface area contributed by atoms with E-state index in [1.807, 2.05) is 55.5 Å². The van der Waals surface area contributed by atoms with Gasteiger partial charge in [-0.25, -0.2) is 0 Å². The molecule has 170 valence electrons. The van der Waals surface area contributed by atoms with Gasteiger partial charge in [-0.05, 0) is 97.2 Å². The van der Waals surface area contributed by atoms with E-state index in [2.05, 4.69) is 36.0 Å². The summed E-state index contributed by atoms with van der Waals surface area (Å²) in [5.74, 6) is 3.34. The summed E-state index contributed by atoms with van der Waals surface area (Å²) in [6, 6.07) is 15.7. The number of aryl methyl sites for hydroxylation is 1. The van der Waals surface area contributed by atoms with Gasteiger partial charge in [0.05, 0.1) is 13.2 Å². The number of furan rings is 1. The first-order valence-corrected chi connectivity index (χ1v) is 11.9. The second-order valence-corrected chi connectivity index (χ2v) is 9.16. The Hall–Kier alpha value is -2.97. The lowest BCUT2D eigenvalue weighted by molar-refractivity contribution is 0.130. The summed E-state index contributed by atoms with van der Waals surface area (Å²) in [5.41, 5.74) is 2.61. The maximum absolute atomic E-state index is 6.13. The number of hydrogen-bond donors (Lipinski definition) is 0. The molecule has 1 saturated heterocycles. The monoisotopic (exact) mass is 508 g/mol. The first-order chi connectivity index (χ1) is 16.1. The minimum Gasteiger partial charge on any atom is -0.493 e. The number of piperidine rings is 1. The van der Waals surface area contributed by atoms with E-state index in [-0.39, 0.29) is 0 Å². The standard InChI is InChI=1S/C25H25BrN4O3/c1-17-5-6-20(14-27-17)24-28-25(33-29-24)19-3-2-4-21(13-19)31-16-18-9-11-30(12-10-18)15-22-7-8-23(26)32-22/h2-8,13-14,18H,9-12,15-16H2,1H3. The summed E-state index contributed by atoms with van der Waals surface area (Å²) in [6.45, 7) is 5.59. The molecule has 4 heterocycles. The van der Waals surface area contributed by atoms with Crippen LogP contribution in [0.2, 0.25) is 0 Å². The molecular weight excluding hydrogens is 484 g/mol. The Morgan fingerprint density at radius 1 is 1.09 bits per heavy atom. The van der Waals surface area contributed by atoms with Crippen molar-refractivity contribution in [3.8, 4) is 28.6 Å². The highest BCUT2D eigenvalue weighted by molar-refractivity contribution is 9.10. The smallest absolute Gasteiger partial charge is 0.258 e. The summed E-state index contributed by atoms with van der Waals surface area (Å²) in [4.78, 5) is 11.3. The third kappa shape index (κ3) is 5.51. The molecule has 0 aliphatic carbocycles. The highest BCUT2D eigenvalue weighted by Gasteiger charge is 2.21. The van der Waals surface area contributed by atoms with Crippen LogP contribution in [0.5, 0.6) is 5.75 Å². The van der Waals surface area contributed by atoms with Crippen molar-refractivity contribution in [2.75, 3.05) is 19.7 Å². The number of likely N-dealkylation sites (tertiary alicyclic amines) is 1. The van der Waals surface area contributed by atoms with E-state index in [0.29, 0.717) is 24.2 Å². The summed E-state index contributed by atoms with van der Waals surface area (Å²) in [7, 11) is 0. The van der Waals surface area contributed by atoms with Crippen molar-refractivity contribution in [3.63, 3.8) is 0 Å². The number of aromatic nitrogens is 3. The fourth-order valence-corrected chi connectivity index (χ4v) is 4.30. The van der Waals surface area contributed by atoms with E-state index in [1.54, 1.807) is 6.20 Å². The van der Waals surface area contributed by atoms with Crippen LogP contribution < -0.4 is 4.74 Å². The molecular formula is C25H25BrN4O3. The molecule has 0 atom stereocenters. The lowest BCUT2D eigenvalue weighted by atomic mass is 9.98. The number of hydrogen-bond acceptors (Lipinski definition) is 7. The summed E-state index contributed by atoms with van der Waals surface area (Å²) in [6.07, 6.45) is 3.97. The van der Waals surface area contributed by atoms with Gasteiger partial charge in [-0.1, -0.05) is 11.2 Å². The predicted molar refractivity (Wildman–Crippen MR) is 128 cm³/mol. The van der Waals surface area contributed by atoms with Crippen molar-refractivity contribution in [2.45, 2.75) is 26.3 Å². The third-order valence-corrected chi connectivity index (χ3v) is 6.30. The van der Waals surface area contributed by atoms with Crippen molar-refractivity contribution in [3.05, 3.63) is 70.9 Å². The van der Waals surface area contributed by atoms with Crippen LogP contribution in [0.3, 0.4) is 0 Å². The van der Waals surface area contributed by atoms with Gasteiger partial charge < -0.3 is 13.7 Å². The van der Waals surface area contributed by atoms with Gasteiger partial charge in [0.1, 0.15) is 11.5 Å². The minimum atomic E-state index is 0.467. The molecule has 3 aromatic heterocycles. The molecule has 5 rings (SSSR count). The van der Waals surface area contributed by atoms with Gasteiger partial charge in [0.25, 0.3) is 5.89 Å². The minimum absolute atomic E-state index is 0.467. The fraction of sp³-hybridized carbons (Fsp3) is 0.320. The quantitative estimate of drug-likeness (QED) is 0.314. The molecule has 0 amide bonds. The molecule has 1 aromatic carbocycles. The zero-order chi connectivity index (χ0) is 22.6. The Morgan fingerprint density at radius 3 is 2.73 bits per heavy atom. The molecule has 0 unspecified atom stereocenters. The molecule has 0 radical (unpaired) electrons. The van der Waals surface area contributed by atoms with Crippen LogP contribution in [0, 0.1) is 12.8 Å². The van der Waals surface area contributed by atoms with Crippen LogP contribution in [0.15, 0.2) is 68.3 Å². The van der Waals surface area contributed by atoms with E-state index >= 15 is 0 Å². The van der Waals surface area contributed by atoms with Crippen LogP contribution in [0.1, 0.15) is 24.3 Å². The number of nitrogens with zero attached hydrogens (tertiary/aromatic N) is 4. The van der Waals surface area contributed by atoms with Gasteiger partial charge in [0.2, 0.25) is 5.82 Å². The van der Waals surface area contributed by atoms with E-state index in [1.165, 1.54) is 0 Å². The Labute approximate surface area is 200 Å².